The van der Waals surface area contributed by atoms with Gasteiger partial charge in [0.25, 0.3) is 0 Å². The number of hydrogen-bond donors (Lipinski definition) is 3. The molecule has 1 amide bonds. The van der Waals surface area contributed by atoms with Crippen LogP contribution in [0.1, 0.15) is 98.1 Å². The molecule has 4 saturated carbocycles. The van der Waals surface area contributed by atoms with Crippen molar-refractivity contribution in [1.82, 2.24) is 15.3 Å². The lowest BCUT2D eigenvalue weighted by molar-refractivity contribution is -0.165. The van der Waals surface area contributed by atoms with Gasteiger partial charge >= 0.3 is 5.97 Å². The van der Waals surface area contributed by atoms with Crippen LogP contribution in [0.25, 0.3) is 0 Å². The van der Waals surface area contributed by atoms with E-state index in [-0.39, 0.29) is 41.1 Å². The summed E-state index contributed by atoms with van der Waals surface area (Å²) < 4.78 is 6.13. The Bertz CT molecular complexity index is 1090. The van der Waals surface area contributed by atoms with Crippen LogP contribution in [0.15, 0.2) is 12.5 Å². The number of hydrogen-bond acceptors (Lipinski definition) is 6. The maximum Gasteiger partial charge on any atom is 0.329 e. The second-order valence-electron chi connectivity index (χ2n) is 14.4. The van der Waals surface area contributed by atoms with Gasteiger partial charge in [-0.15, -0.1) is 0 Å². The number of aromatic nitrogens is 2. The van der Waals surface area contributed by atoms with Gasteiger partial charge in [-0.05, 0) is 105 Å². The number of imidazole rings is 1. The van der Waals surface area contributed by atoms with E-state index in [1.807, 2.05) is 13.8 Å². The van der Waals surface area contributed by atoms with Crippen LogP contribution in [0.3, 0.4) is 0 Å². The van der Waals surface area contributed by atoms with Crippen LogP contribution in [0.4, 0.5) is 0 Å². The second-order valence-corrected chi connectivity index (χ2v) is 14.4. The second kappa shape index (κ2) is 11.2. The predicted molar refractivity (Wildman–Crippen MR) is 153 cm³/mol. The minimum Gasteiger partial charge on any atom is -0.461 e. The highest BCUT2D eigenvalue weighted by Crippen LogP contribution is 2.67. The first-order valence-electron chi connectivity index (χ1n) is 15.7. The van der Waals surface area contributed by atoms with Crippen molar-refractivity contribution in [2.45, 2.75) is 117 Å². The Hall–Kier alpha value is -2.22. The molecule has 8 nitrogen and oxygen atoms in total. The molecule has 0 aromatic carbocycles. The molecule has 1 aromatic heterocycles. The minimum atomic E-state index is -0.822. The van der Waals surface area contributed by atoms with E-state index in [2.05, 4.69) is 29.1 Å². The third-order valence-corrected chi connectivity index (χ3v) is 12.0. The quantitative estimate of drug-likeness (QED) is 0.404. The number of esters is 1. The average molecular weight is 555 g/mol. The number of Topliss-reactive ketones (excluding diaryl/α,β-unsaturated/α-hetero) is 1. The summed E-state index contributed by atoms with van der Waals surface area (Å²) in [6, 6.07) is -1.51. The molecule has 0 aliphatic heterocycles. The van der Waals surface area contributed by atoms with Crippen molar-refractivity contribution in [3.05, 3.63) is 18.2 Å². The topological polar surface area (TPSA) is 127 Å². The summed E-state index contributed by atoms with van der Waals surface area (Å²) in [7, 11) is 0. The van der Waals surface area contributed by atoms with Gasteiger partial charge in [-0.1, -0.05) is 27.7 Å². The van der Waals surface area contributed by atoms with E-state index in [9.17, 15) is 14.4 Å². The van der Waals surface area contributed by atoms with E-state index in [4.69, 9.17) is 10.5 Å². The van der Waals surface area contributed by atoms with Crippen molar-refractivity contribution in [3.63, 3.8) is 0 Å². The zero-order valence-corrected chi connectivity index (χ0v) is 25.1. The van der Waals surface area contributed by atoms with Crippen molar-refractivity contribution in [2.24, 2.45) is 52.1 Å². The number of carbonyl (C=O) groups excluding carboxylic acids is 3. The Morgan fingerprint density at radius 3 is 2.48 bits per heavy atom. The van der Waals surface area contributed by atoms with Crippen LogP contribution >= 0.6 is 0 Å². The van der Waals surface area contributed by atoms with E-state index in [1.54, 1.807) is 19.4 Å². The van der Waals surface area contributed by atoms with Gasteiger partial charge in [-0.25, -0.2) is 9.78 Å². The van der Waals surface area contributed by atoms with Crippen LogP contribution in [-0.4, -0.2) is 45.8 Å². The van der Waals surface area contributed by atoms with Crippen LogP contribution in [0.5, 0.6) is 0 Å². The van der Waals surface area contributed by atoms with Gasteiger partial charge in [0.05, 0.1) is 18.1 Å². The molecule has 10 atom stereocenters. The molecule has 1 heterocycles. The number of H-pyrrole nitrogens is 1. The van der Waals surface area contributed by atoms with Crippen molar-refractivity contribution < 1.29 is 19.1 Å². The normalized spacial score (nSPS) is 38.5. The summed E-state index contributed by atoms with van der Waals surface area (Å²) in [6.07, 6.45) is 13.3. The summed E-state index contributed by atoms with van der Waals surface area (Å²) in [4.78, 5) is 45.8. The van der Waals surface area contributed by atoms with Gasteiger partial charge in [-0.2, -0.15) is 0 Å². The van der Waals surface area contributed by atoms with Gasteiger partial charge in [-0.3, -0.25) is 9.59 Å². The first kappa shape index (κ1) is 29.3. The van der Waals surface area contributed by atoms with E-state index in [0.717, 1.165) is 32.1 Å². The predicted octanol–water partition coefficient (Wildman–Crippen LogP) is 4.58. The molecule has 8 heteroatoms. The Labute approximate surface area is 239 Å². The largest absolute Gasteiger partial charge is 0.461 e. The summed E-state index contributed by atoms with van der Waals surface area (Å²) >= 11 is 0. The van der Waals surface area contributed by atoms with Crippen LogP contribution in [-0.2, 0) is 25.5 Å². The lowest BCUT2D eigenvalue weighted by Crippen LogP contribution is -2.55. The zero-order chi connectivity index (χ0) is 28.8. The first-order chi connectivity index (χ1) is 18.9. The van der Waals surface area contributed by atoms with Gasteiger partial charge in [0, 0.05) is 18.5 Å². The van der Waals surface area contributed by atoms with Crippen molar-refractivity contribution >= 4 is 17.7 Å². The molecule has 222 valence electrons. The third-order valence-electron chi connectivity index (χ3n) is 12.0. The van der Waals surface area contributed by atoms with Gasteiger partial charge in [0.15, 0.2) is 0 Å². The molecule has 5 rings (SSSR count). The van der Waals surface area contributed by atoms with E-state index < -0.39 is 18.1 Å². The van der Waals surface area contributed by atoms with Crippen molar-refractivity contribution in [1.29, 1.82) is 0 Å². The third kappa shape index (κ3) is 5.25. The standard InChI is InChI=1S/C32H50N4O4/c1-18(2)28(33)29(38)36-27(15-21-16-34-17-35-21)30(39)40-22-10-12-31(4)20(14-22)6-7-23-25-9-8-24(19(3)37)32(25,5)13-11-26(23)31/h16-18,20,22-28H,6-15,33H2,1-5H3,(H,34,35)(H,36,38)/t20-,22+,23-,24+,25-,26-,27-,28-,31-,32+/m0/s1. The molecule has 4 N–H and O–H groups in total. The highest BCUT2D eigenvalue weighted by Gasteiger charge is 2.61. The van der Waals surface area contributed by atoms with Gasteiger partial charge < -0.3 is 20.8 Å². The molecule has 0 spiro atoms. The lowest BCUT2D eigenvalue weighted by atomic mass is 9.44. The maximum atomic E-state index is 13.4. The summed E-state index contributed by atoms with van der Waals surface area (Å²) in [5.74, 6) is 2.44. The number of nitrogens with two attached hydrogens (primary N) is 1. The van der Waals surface area contributed by atoms with E-state index in [1.165, 1.54) is 25.7 Å². The van der Waals surface area contributed by atoms with Gasteiger partial charge in [0.2, 0.25) is 5.91 Å². The lowest BCUT2D eigenvalue weighted by Gasteiger charge is -2.61. The fourth-order valence-electron chi connectivity index (χ4n) is 9.62. The molecule has 40 heavy (non-hydrogen) atoms. The average Bonchev–Trinajstić information content (AvgIpc) is 3.55. The molecular formula is C32H50N4O4. The number of fused-ring (bicyclic) bond motifs is 5. The number of carbonyl (C=O) groups is 3. The number of nitrogens with one attached hydrogen (secondary N) is 2. The molecular weight excluding hydrogens is 504 g/mol. The Morgan fingerprint density at radius 1 is 1.07 bits per heavy atom. The Morgan fingerprint density at radius 2 is 1.80 bits per heavy atom. The SMILES string of the molecule is CC(=O)[C@H]1CC[C@H]2[C@@H]3CC[C@H]4C[C@H](OC(=O)[C@H](Cc5c[nH]cn5)NC(=O)[C@@H](N)C(C)C)CC[C@]4(C)[C@H]3CC[C@]12C. The molecule has 1 aromatic rings. The molecule has 4 aliphatic rings. The Balaban J connectivity index is 1.24. The van der Waals surface area contributed by atoms with E-state index >= 15 is 0 Å². The molecule has 0 unspecified atom stereocenters. The zero-order valence-electron chi connectivity index (χ0n) is 25.1. The first-order valence-corrected chi connectivity index (χ1v) is 15.7. The van der Waals surface area contributed by atoms with Crippen molar-refractivity contribution in [2.75, 3.05) is 0 Å². The maximum absolute atomic E-state index is 13.4. The monoisotopic (exact) mass is 554 g/mol. The molecule has 0 radical (unpaired) electrons. The minimum absolute atomic E-state index is 0.0385. The summed E-state index contributed by atoms with van der Waals surface area (Å²) in [5, 5.41) is 2.85. The number of ketones is 1. The number of rotatable bonds is 8. The number of aromatic amines is 1. The molecule has 0 saturated heterocycles. The fourth-order valence-corrected chi connectivity index (χ4v) is 9.62. The fraction of sp³-hybridized carbons (Fsp3) is 0.812. The summed E-state index contributed by atoms with van der Waals surface area (Å²) in [5.41, 5.74) is 7.19. The Kier molecular flexibility index (Phi) is 8.21. The summed E-state index contributed by atoms with van der Waals surface area (Å²) in [6.45, 7) is 10.5. The van der Waals surface area contributed by atoms with Gasteiger partial charge in [0.1, 0.15) is 17.9 Å². The van der Waals surface area contributed by atoms with E-state index in [0.29, 0.717) is 35.1 Å². The number of nitrogens with zero attached hydrogens (tertiary/aromatic N) is 1. The van der Waals surface area contributed by atoms with Crippen LogP contribution in [0.2, 0.25) is 0 Å². The highest BCUT2D eigenvalue weighted by molar-refractivity contribution is 5.87. The number of ether oxygens (including phenoxy) is 1. The molecule has 4 aliphatic carbocycles. The number of amides is 1. The molecule has 0 bridgehead atoms. The van der Waals surface area contributed by atoms with Crippen molar-refractivity contribution in [3.8, 4) is 0 Å². The van der Waals surface area contributed by atoms with Crippen LogP contribution in [0, 0.1) is 46.3 Å². The van der Waals surface area contributed by atoms with Crippen LogP contribution < -0.4 is 11.1 Å². The molecule has 4 fully saturated rings. The highest BCUT2D eigenvalue weighted by atomic mass is 16.5. The smallest absolute Gasteiger partial charge is 0.329 e.